The van der Waals surface area contributed by atoms with Gasteiger partial charge in [-0.05, 0) is 6.92 Å². The van der Waals surface area contributed by atoms with Gasteiger partial charge in [-0.2, -0.15) is 12.6 Å². The number of hydrogen-bond donors (Lipinski definition) is 4. The van der Waals surface area contributed by atoms with Crippen LogP contribution in [-0.2, 0) is 9.59 Å². The first-order valence-corrected chi connectivity index (χ1v) is 3.37. The average molecular weight is 181 g/mol. The van der Waals surface area contributed by atoms with E-state index in [2.05, 4.69) is 12.6 Å². The van der Waals surface area contributed by atoms with Crippen molar-refractivity contribution in [2.24, 2.45) is 5.73 Å². The van der Waals surface area contributed by atoms with Crippen LogP contribution in [0.25, 0.3) is 0 Å². The highest BCUT2D eigenvalue weighted by molar-refractivity contribution is 7.80. The van der Waals surface area contributed by atoms with E-state index in [4.69, 9.17) is 25.5 Å². The summed E-state index contributed by atoms with van der Waals surface area (Å²) in [7, 11) is 0. The smallest absolute Gasteiger partial charge is 0.414 e. The lowest BCUT2D eigenvalue weighted by Gasteiger charge is -1.91. The minimum absolute atomic E-state index is 0.248. The van der Waals surface area contributed by atoms with Gasteiger partial charge in [-0.3, -0.25) is 0 Å². The van der Waals surface area contributed by atoms with Crippen molar-refractivity contribution in [1.29, 1.82) is 0 Å². The second-order valence-electron chi connectivity index (χ2n) is 1.77. The maximum absolute atomic E-state index is 9.10. The fourth-order valence-corrected chi connectivity index (χ4v) is 0. The van der Waals surface area contributed by atoms with Crippen molar-refractivity contribution < 1.29 is 19.8 Å². The van der Waals surface area contributed by atoms with E-state index in [9.17, 15) is 0 Å². The van der Waals surface area contributed by atoms with Crippen LogP contribution < -0.4 is 5.73 Å². The molecule has 0 saturated heterocycles. The Kier molecular flexibility index (Phi) is 8.62. The van der Waals surface area contributed by atoms with Gasteiger partial charge in [-0.1, -0.05) is 0 Å². The molecule has 0 aromatic rings. The zero-order valence-electron chi connectivity index (χ0n) is 6.02. The van der Waals surface area contributed by atoms with Crippen LogP contribution in [0.1, 0.15) is 6.92 Å². The van der Waals surface area contributed by atoms with E-state index in [1.54, 1.807) is 0 Å². The first-order valence-electron chi connectivity index (χ1n) is 2.74. The SMILES string of the molecule is CC(N)CS.O=C(O)C(=O)O. The summed E-state index contributed by atoms with van der Waals surface area (Å²) in [6.07, 6.45) is 0. The fraction of sp³-hybridized carbons (Fsp3) is 0.600. The van der Waals surface area contributed by atoms with Crippen LogP contribution in [0.2, 0.25) is 0 Å². The highest BCUT2D eigenvalue weighted by atomic mass is 32.1. The Balaban J connectivity index is 0. The summed E-state index contributed by atoms with van der Waals surface area (Å²) < 4.78 is 0. The Morgan fingerprint density at radius 3 is 1.64 bits per heavy atom. The molecule has 0 radical (unpaired) electrons. The molecule has 0 spiro atoms. The lowest BCUT2D eigenvalue weighted by atomic mass is 10.4. The predicted molar refractivity (Wildman–Crippen MR) is 42.8 cm³/mol. The second kappa shape index (κ2) is 7.36. The van der Waals surface area contributed by atoms with Gasteiger partial charge in [-0.25, -0.2) is 9.59 Å². The number of aliphatic carboxylic acids is 2. The molecule has 66 valence electrons. The first kappa shape index (κ1) is 12.9. The Morgan fingerprint density at radius 2 is 1.64 bits per heavy atom. The molecule has 0 aliphatic rings. The van der Waals surface area contributed by atoms with Gasteiger partial charge in [0.2, 0.25) is 0 Å². The molecule has 0 amide bonds. The molecular weight excluding hydrogens is 170 g/mol. The lowest BCUT2D eigenvalue weighted by molar-refractivity contribution is -0.159. The molecule has 0 aliphatic heterocycles. The maximum Gasteiger partial charge on any atom is 0.414 e. The average Bonchev–Trinajstić information content (AvgIpc) is 1.89. The quantitative estimate of drug-likeness (QED) is 0.320. The molecule has 0 aromatic heterocycles. The van der Waals surface area contributed by atoms with Crippen LogP contribution >= 0.6 is 12.6 Å². The molecule has 0 rings (SSSR count). The molecule has 6 heteroatoms. The highest BCUT2D eigenvalue weighted by Crippen LogP contribution is 1.75. The molecule has 0 saturated carbocycles. The number of carboxylic acid groups (broad SMARTS) is 2. The summed E-state index contributed by atoms with van der Waals surface area (Å²) in [5.74, 6) is -2.87. The first-order chi connectivity index (χ1) is 4.91. The Bertz CT molecular complexity index is 124. The van der Waals surface area contributed by atoms with E-state index < -0.39 is 11.9 Å². The van der Waals surface area contributed by atoms with Gasteiger partial charge in [0.25, 0.3) is 0 Å². The number of carboxylic acids is 2. The molecule has 1 unspecified atom stereocenters. The second-order valence-corrected chi connectivity index (χ2v) is 2.14. The van der Waals surface area contributed by atoms with E-state index in [0.717, 1.165) is 5.75 Å². The zero-order chi connectivity index (χ0) is 9.44. The molecule has 4 N–H and O–H groups in total. The largest absolute Gasteiger partial charge is 0.473 e. The summed E-state index contributed by atoms with van der Waals surface area (Å²) in [5.41, 5.74) is 5.22. The summed E-state index contributed by atoms with van der Waals surface area (Å²) in [4.78, 5) is 18.2. The van der Waals surface area contributed by atoms with Gasteiger partial charge in [0.1, 0.15) is 0 Å². The zero-order valence-corrected chi connectivity index (χ0v) is 6.91. The molecule has 0 heterocycles. The van der Waals surface area contributed by atoms with Gasteiger partial charge in [-0.15, -0.1) is 0 Å². The van der Waals surface area contributed by atoms with Crippen molar-refractivity contribution in [1.82, 2.24) is 0 Å². The van der Waals surface area contributed by atoms with Crippen molar-refractivity contribution in [3.63, 3.8) is 0 Å². The van der Waals surface area contributed by atoms with Crippen molar-refractivity contribution in [2.45, 2.75) is 13.0 Å². The third kappa shape index (κ3) is 17.6. The minimum atomic E-state index is -1.82. The molecular formula is C5H11NO4S. The molecule has 11 heavy (non-hydrogen) atoms. The van der Waals surface area contributed by atoms with Crippen LogP contribution in [0.3, 0.4) is 0 Å². The highest BCUT2D eigenvalue weighted by Gasteiger charge is 2.04. The summed E-state index contributed by atoms with van der Waals surface area (Å²) >= 11 is 3.89. The number of carbonyl (C=O) groups is 2. The number of thiol groups is 1. The van der Waals surface area contributed by atoms with Gasteiger partial charge >= 0.3 is 11.9 Å². The van der Waals surface area contributed by atoms with Crippen LogP contribution in [-0.4, -0.2) is 33.9 Å². The third-order valence-electron chi connectivity index (χ3n) is 0.471. The topological polar surface area (TPSA) is 101 Å². The van der Waals surface area contributed by atoms with Crippen LogP contribution in [0.5, 0.6) is 0 Å². The predicted octanol–water partition coefficient (Wildman–Crippen LogP) is -0.581. The molecule has 5 nitrogen and oxygen atoms in total. The van der Waals surface area contributed by atoms with Crippen molar-refractivity contribution >= 4 is 24.6 Å². The van der Waals surface area contributed by atoms with E-state index in [1.165, 1.54) is 0 Å². The van der Waals surface area contributed by atoms with Crippen molar-refractivity contribution in [3.8, 4) is 0 Å². The number of rotatable bonds is 1. The summed E-state index contributed by atoms with van der Waals surface area (Å²) in [6, 6.07) is 0.248. The molecule has 0 bridgehead atoms. The normalized spacial score (nSPS) is 10.8. The third-order valence-corrected chi connectivity index (χ3v) is 1.05. The minimum Gasteiger partial charge on any atom is -0.473 e. The summed E-state index contributed by atoms with van der Waals surface area (Å²) in [5, 5.41) is 14.8. The van der Waals surface area contributed by atoms with Crippen LogP contribution in [0.15, 0.2) is 0 Å². The van der Waals surface area contributed by atoms with Gasteiger partial charge in [0, 0.05) is 11.8 Å². The standard InChI is InChI=1S/C3H9NS.C2H2O4/c1-3(4)2-5;3-1(4)2(5)6/h3,5H,2,4H2,1H3;(H,3,4)(H,5,6). The Labute approximate surface area is 69.6 Å². The maximum atomic E-state index is 9.10. The molecule has 0 aliphatic carbocycles. The van der Waals surface area contributed by atoms with Crippen molar-refractivity contribution in [2.75, 3.05) is 5.75 Å². The molecule has 1 atom stereocenters. The van der Waals surface area contributed by atoms with Gasteiger partial charge in [0.05, 0.1) is 0 Å². The Morgan fingerprint density at radius 1 is 1.45 bits per heavy atom. The van der Waals surface area contributed by atoms with E-state index in [-0.39, 0.29) is 6.04 Å². The van der Waals surface area contributed by atoms with Gasteiger partial charge in [0.15, 0.2) is 0 Å². The number of hydrogen-bond acceptors (Lipinski definition) is 4. The van der Waals surface area contributed by atoms with Crippen LogP contribution in [0, 0.1) is 0 Å². The molecule has 0 fully saturated rings. The van der Waals surface area contributed by atoms with E-state index >= 15 is 0 Å². The lowest BCUT2D eigenvalue weighted by Crippen LogP contribution is -2.15. The van der Waals surface area contributed by atoms with Crippen LogP contribution in [0.4, 0.5) is 0 Å². The van der Waals surface area contributed by atoms with E-state index in [1.807, 2.05) is 6.92 Å². The van der Waals surface area contributed by atoms with Gasteiger partial charge < -0.3 is 15.9 Å². The van der Waals surface area contributed by atoms with E-state index in [0.29, 0.717) is 0 Å². The van der Waals surface area contributed by atoms with Crippen molar-refractivity contribution in [3.05, 3.63) is 0 Å². The molecule has 0 aromatic carbocycles. The fourth-order valence-electron chi connectivity index (χ4n) is 0. The monoisotopic (exact) mass is 181 g/mol. The summed E-state index contributed by atoms with van der Waals surface area (Å²) in [6.45, 7) is 1.92. The Hall–Kier alpha value is -0.750. The number of nitrogens with two attached hydrogens (primary N) is 1.